The maximum atomic E-state index is 13.0. The Morgan fingerprint density at radius 2 is 1.59 bits per heavy atom. The molecule has 0 heterocycles. The number of urea groups is 1. The average Bonchev–Trinajstić information content (AvgIpc) is 3.01. The van der Waals surface area contributed by atoms with Crippen LogP contribution in [0.3, 0.4) is 0 Å². The van der Waals surface area contributed by atoms with Gasteiger partial charge in [0.15, 0.2) is 0 Å². The Balaban J connectivity index is 0.000000639. The first-order valence-electron chi connectivity index (χ1n) is 18.3. The third-order valence-corrected chi connectivity index (χ3v) is 10.0. The summed E-state index contributed by atoms with van der Waals surface area (Å²) in [5.74, 6) is -0.177. The van der Waals surface area contributed by atoms with Crippen molar-refractivity contribution in [2.75, 3.05) is 19.7 Å². The number of hydrogen-bond donors (Lipinski definition) is 2. The van der Waals surface area contributed by atoms with Gasteiger partial charge in [-0.2, -0.15) is 0 Å². The number of carboxylic acid groups (broad SMARTS) is 1. The molecule has 0 saturated heterocycles. The zero-order chi connectivity index (χ0) is 32.0. The highest BCUT2D eigenvalue weighted by molar-refractivity contribution is 5.74. The van der Waals surface area contributed by atoms with Crippen LogP contribution in [0, 0.1) is 17.8 Å². The van der Waals surface area contributed by atoms with Gasteiger partial charge in [-0.25, -0.2) is 14.6 Å². The molecule has 44 heavy (non-hydrogen) atoms. The number of rotatable bonds is 17. The summed E-state index contributed by atoms with van der Waals surface area (Å²) in [6, 6.07) is 0.724. The van der Waals surface area contributed by atoms with E-state index in [1.54, 1.807) is 6.08 Å². The number of carbonyl (C=O) groups excluding carboxylic acids is 2. The summed E-state index contributed by atoms with van der Waals surface area (Å²) in [7, 11) is 0. The fourth-order valence-electron chi connectivity index (χ4n) is 7.16. The molecule has 3 atom stereocenters. The van der Waals surface area contributed by atoms with Crippen LogP contribution < -0.4 is 5.32 Å². The molecule has 8 heteroatoms. The molecule has 3 aliphatic rings. The van der Waals surface area contributed by atoms with Gasteiger partial charge in [-0.3, -0.25) is 4.79 Å². The van der Waals surface area contributed by atoms with E-state index in [-0.39, 0.29) is 24.0 Å². The maximum Gasteiger partial charge on any atom is 0.317 e. The van der Waals surface area contributed by atoms with Crippen LogP contribution in [0.15, 0.2) is 4.99 Å². The number of carbonyl (C=O) groups is 2. The molecule has 0 spiro atoms. The van der Waals surface area contributed by atoms with Gasteiger partial charge in [-0.15, -0.1) is 0 Å². The van der Waals surface area contributed by atoms with Gasteiger partial charge in [-0.1, -0.05) is 97.8 Å². The van der Waals surface area contributed by atoms with E-state index in [0.717, 1.165) is 70.8 Å². The lowest BCUT2D eigenvalue weighted by molar-refractivity contribution is -0.143. The number of carboxylic acids is 1. The van der Waals surface area contributed by atoms with Crippen molar-refractivity contribution in [1.82, 2.24) is 10.2 Å². The van der Waals surface area contributed by atoms with E-state index >= 15 is 0 Å². The molecule has 0 aromatic rings. The lowest BCUT2D eigenvalue weighted by Gasteiger charge is -2.32. The predicted octanol–water partition coefficient (Wildman–Crippen LogP) is 8.67. The van der Waals surface area contributed by atoms with Crippen molar-refractivity contribution in [2.24, 2.45) is 22.7 Å². The Bertz CT molecular complexity index is 819. The minimum Gasteiger partial charge on any atom is -0.481 e. The zero-order valence-electron chi connectivity index (χ0n) is 28.4. The Morgan fingerprint density at radius 1 is 0.909 bits per heavy atom. The van der Waals surface area contributed by atoms with Crippen LogP contribution in [-0.2, 0) is 14.3 Å². The number of amides is 2. The van der Waals surface area contributed by atoms with Gasteiger partial charge in [0.05, 0.1) is 24.7 Å². The molecule has 2 amide bonds. The summed E-state index contributed by atoms with van der Waals surface area (Å²) in [6.45, 7) is 8.30. The molecule has 0 radical (unpaired) electrons. The first kappa shape index (κ1) is 38.3. The van der Waals surface area contributed by atoms with Crippen molar-refractivity contribution in [3.05, 3.63) is 0 Å². The van der Waals surface area contributed by atoms with Gasteiger partial charge in [0, 0.05) is 19.1 Å². The molecule has 1 unspecified atom stereocenters. The second-order valence-electron chi connectivity index (χ2n) is 14.0. The molecule has 254 valence electrons. The monoisotopic (exact) mass is 619 g/mol. The van der Waals surface area contributed by atoms with E-state index in [1.807, 2.05) is 18.7 Å². The van der Waals surface area contributed by atoms with Crippen molar-refractivity contribution in [1.29, 1.82) is 0 Å². The van der Waals surface area contributed by atoms with E-state index < -0.39 is 5.97 Å². The summed E-state index contributed by atoms with van der Waals surface area (Å²) in [5.41, 5.74) is 0. The van der Waals surface area contributed by atoms with Crippen molar-refractivity contribution in [2.45, 2.75) is 174 Å². The van der Waals surface area contributed by atoms with Gasteiger partial charge in [0.1, 0.15) is 0 Å². The lowest BCUT2D eigenvalue weighted by atomic mass is 9.81. The third kappa shape index (κ3) is 16.4. The molecule has 3 fully saturated rings. The smallest absolute Gasteiger partial charge is 0.317 e. The maximum absolute atomic E-state index is 13.0. The molecular weight excluding hydrogens is 554 g/mol. The standard InChI is InChI=1S/C29H54N2O4.C7H11NO/c1-4-5-6-7-11-19-31(29(34)30-25-14-9-8-10-15-25)20-21-35-26-16-12-13-24(22-26)17-18-27(23(2)3)28(32)33;9-6-8-7-4-2-1-3-5-7/h23-27H,4-22H2,1-3H3,(H,30,34)(H,32,33);7H,1-5H2/t24-,26-,27?;/m0./s1. The van der Waals surface area contributed by atoms with Crippen LogP contribution in [0.5, 0.6) is 0 Å². The molecule has 0 aromatic carbocycles. The Labute approximate surface area is 268 Å². The topological polar surface area (TPSA) is 108 Å². The molecule has 0 bridgehead atoms. The number of aliphatic imine (C=N–C) groups is 1. The van der Waals surface area contributed by atoms with E-state index in [0.29, 0.717) is 31.2 Å². The zero-order valence-corrected chi connectivity index (χ0v) is 28.4. The summed E-state index contributed by atoms with van der Waals surface area (Å²) >= 11 is 0. The summed E-state index contributed by atoms with van der Waals surface area (Å²) in [6.07, 6.45) is 25.9. The van der Waals surface area contributed by atoms with E-state index in [9.17, 15) is 19.5 Å². The molecule has 0 aromatic heterocycles. The number of isocyanates is 1. The Kier molecular flexibility index (Phi) is 20.4. The van der Waals surface area contributed by atoms with Gasteiger partial charge >= 0.3 is 12.0 Å². The molecule has 3 rings (SSSR count). The second-order valence-corrected chi connectivity index (χ2v) is 14.0. The highest BCUT2D eigenvalue weighted by Crippen LogP contribution is 2.32. The van der Waals surface area contributed by atoms with Gasteiger partial charge in [0.25, 0.3) is 0 Å². The van der Waals surface area contributed by atoms with Gasteiger partial charge < -0.3 is 20.1 Å². The fourth-order valence-corrected chi connectivity index (χ4v) is 7.16. The largest absolute Gasteiger partial charge is 0.481 e. The van der Waals surface area contributed by atoms with Crippen molar-refractivity contribution >= 4 is 18.1 Å². The molecule has 3 saturated carbocycles. The van der Waals surface area contributed by atoms with Crippen molar-refractivity contribution in [3.63, 3.8) is 0 Å². The number of hydrogen-bond acceptors (Lipinski definition) is 5. The van der Waals surface area contributed by atoms with Gasteiger partial charge in [-0.05, 0) is 69.6 Å². The van der Waals surface area contributed by atoms with Crippen LogP contribution in [-0.4, -0.2) is 66.0 Å². The minimum atomic E-state index is -0.662. The minimum absolute atomic E-state index is 0.0888. The van der Waals surface area contributed by atoms with Crippen molar-refractivity contribution < 1.29 is 24.2 Å². The highest BCUT2D eigenvalue weighted by Gasteiger charge is 2.27. The van der Waals surface area contributed by atoms with Crippen LogP contribution in [0.2, 0.25) is 0 Å². The molecule has 3 aliphatic carbocycles. The van der Waals surface area contributed by atoms with Crippen LogP contribution in [0.4, 0.5) is 4.79 Å². The molecule has 0 aliphatic heterocycles. The van der Waals surface area contributed by atoms with Crippen LogP contribution in [0.1, 0.15) is 156 Å². The molecule has 2 N–H and O–H groups in total. The normalized spacial score (nSPS) is 21.9. The number of aliphatic carboxylic acids is 1. The van der Waals surface area contributed by atoms with E-state index in [2.05, 4.69) is 17.2 Å². The summed E-state index contributed by atoms with van der Waals surface area (Å²) in [5, 5.41) is 12.8. The van der Waals surface area contributed by atoms with Gasteiger partial charge in [0.2, 0.25) is 6.08 Å². The lowest BCUT2D eigenvalue weighted by Crippen LogP contribution is -2.47. The second kappa shape index (κ2) is 23.4. The number of unbranched alkanes of at least 4 members (excludes halogenated alkanes) is 4. The van der Waals surface area contributed by atoms with Crippen molar-refractivity contribution in [3.8, 4) is 0 Å². The Morgan fingerprint density at radius 3 is 2.23 bits per heavy atom. The third-order valence-electron chi connectivity index (χ3n) is 10.0. The van der Waals surface area contributed by atoms with E-state index in [4.69, 9.17) is 4.74 Å². The summed E-state index contributed by atoms with van der Waals surface area (Å²) < 4.78 is 6.29. The molecular formula is C36H65N3O5. The first-order valence-corrected chi connectivity index (χ1v) is 18.3. The fraction of sp³-hybridized carbons (Fsp3) is 0.917. The predicted molar refractivity (Wildman–Crippen MR) is 178 cm³/mol. The summed E-state index contributed by atoms with van der Waals surface area (Å²) in [4.78, 5) is 40.0. The molecule has 8 nitrogen and oxygen atoms in total. The van der Waals surface area contributed by atoms with Crippen LogP contribution >= 0.6 is 0 Å². The quantitative estimate of drug-likeness (QED) is 0.0962. The van der Waals surface area contributed by atoms with E-state index in [1.165, 1.54) is 70.6 Å². The Hall–Kier alpha value is -1.92. The number of nitrogens with one attached hydrogen (secondary N) is 1. The first-order chi connectivity index (χ1) is 21.3. The number of nitrogens with zero attached hydrogens (tertiary/aromatic N) is 2. The average molecular weight is 620 g/mol. The number of ether oxygens (including phenoxy) is 1. The van der Waals surface area contributed by atoms with Crippen LogP contribution in [0.25, 0.3) is 0 Å². The SMILES string of the molecule is CCCCCCCN(CCO[C@H]1CCC[C@@H](CCC(C(=O)O)C(C)C)C1)C(=O)NC1CCCCC1.O=C=NC1CCCCC1. The highest BCUT2D eigenvalue weighted by atomic mass is 16.5.